The number of hydrogen-bond donors (Lipinski definition) is 1. The molecule has 1 atom stereocenters. The fourth-order valence-corrected chi connectivity index (χ4v) is 3.14. The molecule has 0 aliphatic carbocycles. The summed E-state index contributed by atoms with van der Waals surface area (Å²) in [7, 11) is 0. The number of hydrogen-bond acceptors (Lipinski definition) is 5. The first-order valence-corrected chi connectivity index (χ1v) is 9.17. The van der Waals surface area contributed by atoms with Gasteiger partial charge >= 0.3 is 6.18 Å². The van der Waals surface area contributed by atoms with Gasteiger partial charge in [-0.25, -0.2) is 0 Å². The molecule has 9 heteroatoms. The first kappa shape index (κ1) is 19.9. The lowest BCUT2D eigenvalue weighted by Gasteiger charge is -2.15. The van der Waals surface area contributed by atoms with Crippen molar-refractivity contribution >= 4 is 23.4 Å². The maximum absolute atomic E-state index is 13.1. The molecule has 5 nitrogen and oxygen atoms in total. The number of nitrogens with zero attached hydrogens (tertiary/aromatic N) is 2. The Kier molecular flexibility index (Phi) is 5.73. The first-order valence-electron chi connectivity index (χ1n) is 8.29. The van der Waals surface area contributed by atoms with Crippen molar-refractivity contribution in [2.24, 2.45) is 0 Å². The number of carbonyl (C=O) groups is 1. The molecule has 0 aliphatic rings. The number of amides is 1. The van der Waals surface area contributed by atoms with Crippen LogP contribution < -0.4 is 5.32 Å². The van der Waals surface area contributed by atoms with E-state index in [4.69, 9.17) is 4.42 Å². The van der Waals surface area contributed by atoms with Gasteiger partial charge in [-0.3, -0.25) is 4.79 Å². The van der Waals surface area contributed by atoms with Crippen LogP contribution in [-0.2, 0) is 11.0 Å². The van der Waals surface area contributed by atoms with Crippen LogP contribution in [-0.4, -0.2) is 21.4 Å². The summed E-state index contributed by atoms with van der Waals surface area (Å²) in [6.45, 7) is 3.45. The Morgan fingerprint density at radius 1 is 1.11 bits per heavy atom. The van der Waals surface area contributed by atoms with Crippen LogP contribution in [0.3, 0.4) is 0 Å². The summed E-state index contributed by atoms with van der Waals surface area (Å²) in [4.78, 5) is 12.3. The van der Waals surface area contributed by atoms with Gasteiger partial charge in [0.25, 0.3) is 5.22 Å². The highest BCUT2D eigenvalue weighted by Crippen LogP contribution is 2.35. The van der Waals surface area contributed by atoms with E-state index in [1.54, 1.807) is 6.92 Å². The van der Waals surface area contributed by atoms with Crippen molar-refractivity contribution in [1.29, 1.82) is 0 Å². The van der Waals surface area contributed by atoms with Gasteiger partial charge in [0.2, 0.25) is 11.8 Å². The van der Waals surface area contributed by atoms with Crippen molar-refractivity contribution in [1.82, 2.24) is 10.2 Å². The first-order chi connectivity index (χ1) is 13.3. The molecule has 0 spiro atoms. The third-order valence-corrected chi connectivity index (χ3v) is 4.85. The van der Waals surface area contributed by atoms with Crippen LogP contribution in [0.25, 0.3) is 11.5 Å². The van der Waals surface area contributed by atoms with Crippen molar-refractivity contribution in [2.75, 3.05) is 5.32 Å². The van der Waals surface area contributed by atoms with Crippen molar-refractivity contribution in [3.05, 3.63) is 59.7 Å². The summed E-state index contributed by atoms with van der Waals surface area (Å²) in [6.07, 6.45) is -4.56. The standard InChI is InChI=1S/C19H16F3N3O2S/c1-11-7-3-4-8-13(11)17-24-25-18(27-17)28-12(2)16(26)23-15-10-6-5-9-14(15)19(20,21)22/h3-10,12H,1-2H3,(H,23,26)/t12-/m0/s1. The van der Waals surface area contributed by atoms with Gasteiger partial charge in [0.05, 0.1) is 16.5 Å². The zero-order valence-corrected chi connectivity index (χ0v) is 15.8. The lowest BCUT2D eigenvalue weighted by atomic mass is 10.1. The zero-order chi connectivity index (χ0) is 20.3. The van der Waals surface area contributed by atoms with Gasteiger partial charge in [-0.2, -0.15) is 13.2 Å². The van der Waals surface area contributed by atoms with E-state index >= 15 is 0 Å². The highest BCUT2D eigenvalue weighted by atomic mass is 32.2. The minimum Gasteiger partial charge on any atom is -0.411 e. The van der Waals surface area contributed by atoms with Crippen molar-refractivity contribution in [3.63, 3.8) is 0 Å². The van der Waals surface area contributed by atoms with Crippen LogP contribution in [0.4, 0.5) is 18.9 Å². The Bertz CT molecular complexity index is 988. The van der Waals surface area contributed by atoms with Crippen LogP contribution in [0.5, 0.6) is 0 Å². The fraction of sp³-hybridized carbons (Fsp3) is 0.211. The third-order valence-electron chi connectivity index (χ3n) is 3.92. The van der Waals surface area contributed by atoms with E-state index in [0.29, 0.717) is 5.89 Å². The molecule has 0 radical (unpaired) electrons. The van der Waals surface area contributed by atoms with Crippen LogP contribution >= 0.6 is 11.8 Å². The molecule has 28 heavy (non-hydrogen) atoms. The second-order valence-corrected chi connectivity index (χ2v) is 7.27. The Morgan fingerprint density at radius 3 is 2.50 bits per heavy atom. The van der Waals surface area contributed by atoms with Gasteiger partial charge in [-0.05, 0) is 37.6 Å². The van der Waals surface area contributed by atoms with E-state index in [2.05, 4.69) is 15.5 Å². The lowest BCUT2D eigenvalue weighted by Crippen LogP contribution is -2.24. The number of aromatic nitrogens is 2. The highest BCUT2D eigenvalue weighted by Gasteiger charge is 2.34. The molecule has 146 valence electrons. The number of anilines is 1. The minimum atomic E-state index is -4.56. The molecule has 1 amide bonds. The summed E-state index contributed by atoms with van der Waals surface area (Å²) in [6, 6.07) is 12.3. The van der Waals surface area contributed by atoms with E-state index in [9.17, 15) is 18.0 Å². The zero-order valence-electron chi connectivity index (χ0n) is 14.9. The molecule has 1 heterocycles. The van der Waals surface area contributed by atoms with Crippen LogP contribution in [0, 0.1) is 6.92 Å². The Balaban J connectivity index is 1.70. The molecular weight excluding hydrogens is 391 g/mol. The van der Waals surface area contributed by atoms with E-state index < -0.39 is 22.9 Å². The average molecular weight is 407 g/mol. The van der Waals surface area contributed by atoms with E-state index in [1.807, 2.05) is 31.2 Å². The fourth-order valence-electron chi connectivity index (χ4n) is 2.46. The van der Waals surface area contributed by atoms with E-state index in [0.717, 1.165) is 29.0 Å². The number of aryl methyl sites for hydroxylation is 1. The molecular formula is C19H16F3N3O2S. The van der Waals surface area contributed by atoms with Gasteiger partial charge in [0.1, 0.15) is 0 Å². The Hall–Kier alpha value is -2.81. The van der Waals surface area contributed by atoms with Gasteiger partial charge in [-0.15, -0.1) is 10.2 Å². The molecule has 0 aliphatic heterocycles. The predicted octanol–water partition coefficient (Wildman–Crippen LogP) is 5.18. The molecule has 0 saturated heterocycles. The smallest absolute Gasteiger partial charge is 0.411 e. The maximum Gasteiger partial charge on any atom is 0.418 e. The number of alkyl halides is 3. The monoisotopic (exact) mass is 407 g/mol. The van der Waals surface area contributed by atoms with Gasteiger partial charge < -0.3 is 9.73 Å². The van der Waals surface area contributed by atoms with Crippen LogP contribution in [0.15, 0.2) is 58.2 Å². The van der Waals surface area contributed by atoms with Crippen LogP contribution in [0.1, 0.15) is 18.1 Å². The van der Waals surface area contributed by atoms with Gasteiger partial charge in [0.15, 0.2) is 0 Å². The average Bonchev–Trinajstić information content (AvgIpc) is 3.09. The van der Waals surface area contributed by atoms with Gasteiger partial charge in [0, 0.05) is 5.56 Å². The summed E-state index contributed by atoms with van der Waals surface area (Å²) < 4.78 is 44.7. The topological polar surface area (TPSA) is 68.0 Å². The maximum atomic E-state index is 13.1. The molecule has 3 rings (SSSR count). The molecule has 3 aromatic rings. The lowest BCUT2D eigenvalue weighted by molar-refractivity contribution is -0.137. The third kappa shape index (κ3) is 4.53. The molecule has 0 saturated carbocycles. The minimum absolute atomic E-state index is 0.157. The second kappa shape index (κ2) is 8.05. The molecule has 0 unspecified atom stereocenters. The number of thioether (sulfide) groups is 1. The Labute approximate surface area is 163 Å². The number of para-hydroxylation sites is 1. The summed E-state index contributed by atoms with van der Waals surface area (Å²) >= 11 is 0.972. The number of nitrogens with one attached hydrogen (secondary N) is 1. The predicted molar refractivity (Wildman–Crippen MR) is 99.9 cm³/mol. The van der Waals surface area contributed by atoms with Crippen molar-refractivity contribution in [3.8, 4) is 11.5 Å². The summed E-state index contributed by atoms with van der Waals surface area (Å²) in [5, 5.41) is 9.61. The molecule has 1 N–H and O–H groups in total. The number of carbonyl (C=O) groups excluding carboxylic acids is 1. The second-order valence-electron chi connectivity index (χ2n) is 5.98. The van der Waals surface area contributed by atoms with Crippen molar-refractivity contribution in [2.45, 2.75) is 30.5 Å². The number of halogens is 3. The Morgan fingerprint density at radius 2 is 1.79 bits per heavy atom. The largest absolute Gasteiger partial charge is 0.418 e. The summed E-state index contributed by atoms with van der Waals surface area (Å²) in [5.41, 5.74) is 0.536. The molecule has 2 aromatic carbocycles. The molecule has 1 aromatic heterocycles. The number of rotatable bonds is 5. The highest BCUT2D eigenvalue weighted by molar-refractivity contribution is 8.00. The molecule has 0 bridgehead atoms. The van der Waals surface area contributed by atoms with E-state index in [-0.39, 0.29) is 10.9 Å². The van der Waals surface area contributed by atoms with E-state index in [1.165, 1.54) is 18.2 Å². The SMILES string of the molecule is Cc1ccccc1-c1nnc(S[C@@H](C)C(=O)Nc2ccccc2C(F)(F)F)o1. The summed E-state index contributed by atoms with van der Waals surface area (Å²) in [5.74, 6) is -0.284. The quantitative estimate of drug-likeness (QED) is 0.590. The van der Waals surface area contributed by atoms with Crippen molar-refractivity contribution < 1.29 is 22.4 Å². The number of benzene rings is 2. The van der Waals surface area contributed by atoms with Gasteiger partial charge in [-0.1, -0.05) is 42.1 Å². The molecule has 0 fully saturated rings. The normalized spacial score (nSPS) is 12.6. The van der Waals surface area contributed by atoms with Crippen LogP contribution in [0.2, 0.25) is 0 Å².